The number of rotatable bonds is 4. The molecule has 0 saturated heterocycles. The van der Waals surface area contributed by atoms with E-state index in [2.05, 4.69) is 30.6 Å². The van der Waals surface area contributed by atoms with E-state index in [1.165, 1.54) is 5.57 Å². The van der Waals surface area contributed by atoms with Crippen LogP contribution in [0, 0.1) is 0 Å². The molecule has 27 heavy (non-hydrogen) atoms. The van der Waals surface area contributed by atoms with Crippen LogP contribution in [0.4, 0.5) is 5.82 Å². The molecule has 1 aliphatic rings. The highest BCUT2D eigenvalue weighted by atomic mass is 16.5. The summed E-state index contributed by atoms with van der Waals surface area (Å²) in [4.78, 5) is 9.60. The van der Waals surface area contributed by atoms with Crippen molar-refractivity contribution in [1.29, 1.82) is 0 Å². The van der Waals surface area contributed by atoms with Gasteiger partial charge in [-0.2, -0.15) is 0 Å². The first-order chi connectivity index (χ1) is 13.1. The van der Waals surface area contributed by atoms with Crippen molar-refractivity contribution in [2.45, 2.75) is 13.8 Å². The van der Waals surface area contributed by atoms with Gasteiger partial charge in [-0.25, -0.2) is 9.97 Å². The molecule has 0 atom stereocenters. The number of ether oxygens (including phenoxy) is 1. The topological polar surface area (TPSA) is 59.1 Å². The van der Waals surface area contributed by atoms with Crippen LogP contribution < -0.4 is 15.4 Å². The third kappa shape index (κ3) is 3.49. The molecule has 0 amide bonds. The minimum absolute atomic E-state index is 0.698. The van der Waals surface area contributed by atoms with Gasteiger partial charge in [-0.1, -0.05) is 30.3 Å². The smallest absolute Gasteiger partial charge is 0.162 e. The number of dihydropyridines is 1. The third-order valence-electron chi connectivity index (χ3n) is 4.64. The van der Waals surface area contributed by atoms with Gasteiger partial charge in [0, 0.05) is 28.9 Å². The predicted molar refractivity (Wildman–Crippen MR) is 110 cm³/mol. The molecule has 2 heterocycles. The van der Waals surface area contributed by atoms with Crippen molar-refractivity contribution in [3.8, 4) is 17.1 Å². The van der Waals surface area contributed by atoms with Crippen molar-refractivity contribution in [2.24, 2.45) is 0 Å². The predicted octanol–water partition coefficient (Wildman–Crippen LogP) is 4.50. The average molecular weight is 358 g/mol. The van der Waals surface area contributed by atoms with E-state index in [1.54, 1.807) is 7.11 Å². The molecule has 5 heteroatoms. The maximum Gasteiger partial charge on any atom is 0.162 e. The summed E-state index contributed by atoms with van der Waals surface area (Å²) in [6, 6.07) is 15.9. The SMILES string of the molecule is COc1ccc2nc(-c3ccccc3)nc(NC3=C(C)CNC(C)=C3)c2c1. The van der Waals surface area contributed by atoms with Crippen molar-refractivity contribution in [1.82, 2.24) is 15.3 Å². The third-order valence-corrected chi connectivity index (χ3v) is 4.64. The van der Waals surface area contributed by atoms with E-state index in [0.717, 1.165) is 46.0 Å². The lowest BCUT2D eigenvalue weighted by atomic mass is 10.1. The van der Waals surface area contributed by atoms with Crippen LogP contribution in [0.15, 0.2) is 71.6 Å². The molecule has 4 rings (SSSR count). The number of nitrogens with one attached hydrogen (secondary N) is 2. The minimum Gasteiger partial charge on any atom is -0.497 e. The number of aromatic nitrogens is 2. The molecule has 1 aliphatic heterocycles. The van der Waals surface area contributed by atoms with E-state index in [-0.39, 0.29) is 0 Å². The molecule has 0 bridgehead atoms. The van der Waals surface area contributed by atoms with E-state index in [1.807, 2.05) is 48.5 Å². The summed E-state index contributed by atoms with van der Waals surface area (Å²) < 4.78 is 5.40. The van der Waals surface area contributed by atoms with Gasteiger partial charge >= 0.3 is 0 Å². The van der Waals surface area contributed by atoms with Crippen molar-refractivity contribution in [3.05, 3.63) is 71.6 Å². The first kappa shape index (κ1) is 17.1. The van der Waals surface area contributed by atoms with Gasteiger partial charge in [-0.15, -0.1) is 0 Å². The number of fused-ring (bicyclic) bond motifs is 1. The standard InChI is InChI=1S/C22H22N4O/c1-14-13-23-15(2)11-20(14)25-22-18-12-17(27-3)9-10-19(18)24-21(26-22)16-7-5-4-6-8-16/h4-12,23H,13H2,1-3H3,(H,24,25,26). The molecule has 5 nitrogen and oxygen atoms in total. The zero-order valence-corrected chi connectivity index (χ0v) is 15.7. The Morgan fingerprint density at radius 2 is 1.85 bits per heavy atom. The number of nitrogens with zero attached hydrogens (tertiary/aromatic N) is 2. The number of benzene rings is 2. The van der Waals surface area contributed by atoms with Crippen molar-refractivity contribution < 1.29 is 4.74 Å². The van der Waals surface area contributed by atoms with Crippen LogP contribution in [0.2, 0.25) is 0 Å². The number of hydrogen-bond acceptors (Lipinski definition) is 5. The minimum atomic E-state index is 0.698. The molecule has 3 aromatic rings. The van der Waals surface area contributed by atoms with Gasteiger partial charge in [0.2, 0.25) is 0 Å². The quantitative estimate of drug-likeness (QED) is 0.719. The Hall–Kier alpha value is -3.34. The molecular weight excluding hydrogens is 336 g/mol. The van der Waals surface area contributed by atoms with Gasteiger partial charge < -0.3 is 15.4 Å². The summed E-state index contributed by atoms with van der Waals surface area (Å²) in [5, 5.41) is 7.80. The normalized spacial score (nSPS) is 14.0. The second-order valence-corrected chi connectivity index (χ2v) is 6.64. The van der Waals surface area contributed by atoms with Gasteiger partial charge in [0.05, 0.1) is 12.6 Å². The van der Waals surface area contributed by atoms with Crippen LogP contribution in [0.3, 0.4) is 0 Å². The Labute approximate surface area is 158 Å². The van der Waals surface area contributed by atoms with Crippen LogP contribution in [-0.2, 0) is 0 Å². The van der Waals surface area contributed by atoms with E-state index < -0.39 is 0 Å². The lowest BCUT2D eigenvalue weighted by Gasteiger charge is -2.20. The lowest BCUT2D eigenvalue weighted by molar-refractivity contribution is 0.415. The van der Waals surface area contributed by atoms with Crippen molar-refractivity contribution in [2.75, 3.05) is 19.0 Å². The molecule has 0 spiro atoms. The van der Waals surface area contributed by atoms with Gasteiger partial charge in [-0.05, 0) is 43.7 Å². The summed E-state index contributed by atoms with van der Waals surface area (Å²) in [6.07, 6.45) is 2.11. The van der Waals surface area contributed by atoms with Crippen LogP contribution in [-0.4, -0.2) is 23.6 Å². The molecule has 0 radical (unpaired) electrons. The van der Waals surface area contributed by atoms with Crippen molar-refractivity contribution in [3.63, 3.8) is 0 Å². The fourth-order valence-electron chi connectivity index (χ4n) is 3.07. The van der Waals surface area contributed by atoms with Gasteiger partial charge in [0.15, 0.2) is 5.82 Å². The Morgan fingerprint density at radius 3 is 2.63 bits per heavy atom. The molecule has 0 aliphatic carbocycles. The van der Waals surface area contributed by atoms with Crippen LogP contribution in [0.5, 0.6) is 5.75 Å². The molecule has 2 N–H and O–H groups in total. The van der Waals surface area contributed by atoms with E-state index in [4.69, 9.17) is 14.7 Å². The number of methoxy groups -OCH3 is 1. The fraction of sp³-hybridized carbons (Fsp3) is 0.182. The highest BCUT2D eigenvalue weighted by Gasteiger charge is 2.14. The van der Waals surface area contributed by atoms with E-state index >= 15 is 0 Å². The summed E-state index contributed by atoms with van der Waals surface area (Å²) in [5.41, 5.74) is 5.29. The molecule has 0 unspecified atom stereocenters. The second kappa shape index (κ2) is 7.11. The van der Waals surface area contributed by atoms with E-state index in [9.17, 15) is 0 Å². The van der Waals surface area contributed by atoms with Gasteiger partial charge in [0.25, 0.3) is 0 Å². The Morgan fingerprint density at radius 1 is 1.04 bits per heavy atom. The lowest BCUT2D eigenvalue weighted by Crippen LogP contribution is -2.21. The Kier molecular flexibility index (Phi) is 4.50. The van der Waals surface area contributed by atoms with Gasteiger partial charge in [0.1, 0.15) is 11.6 Å². The van der Waals surface area contributed by atoms with Crippen LogP contribution in [0.1, 0.15) is 13.8 Å². The largest absolute Gasteiger partial charge is 0.497 e. The summed E-state index contributed by atoms with van der Waals surface area (Å²) >= 11 is 0. The van der Waals surface area contributed by atoms with Crippen LogP contribution in [0.25, 0.3) is 22.3 Å². The summed E-state index contributed by atoms with van der Waals surface area (Å²) in [7, 11) is 1.67. The molecule has 0 fully saturated rings. The molecule has 0 saturated carbocycles. The maximum atomic E-state index is 5.40. The number of anilines is 1. The number of allylic oxidation sites excluding steroid dienone is 2. The fourth-order valence-corrected chi connectivity index (χ4v) is 3.07. The zero-order chi connectivity index (χ0) is 18.8. The molecular formula is C22H22N4O. The second-order valence-electron chi connectivity index (χ2n) is 6.64. The Bertz CT molecular complexity index is 1050. The first-order valence-electron chi connectivity index (χ1n) is 8.94. The molecule has 1 aromatic heterocycles. The Balaban J connectivity index is 1.88. The summed E-state index contributed by atoms with van der Waals surface area (Å²) in [6.45, 7) is 4.99. The highest BCUT2D eigenvalue weighted by molar-refractivity contribution is 5.92. The van der Waals surface area contributed by atoms with Crippen LogP contribution >= 0.6 is 0 Å². The van der Waals surface area contributed by atoms with Gasteiger partial charge in [-0.3, -0.25) is 0 Å². The maximum absolute atomic E-state index is 5.40. The first-order valence-corrected chi connectivity index (χ1v) is 8.94. The van der Waals surface area contributed by atoms with Crippen molar-refractivity contribution >= 4 is 16.7 Å². The molecule has 136 valence electrons. The molecule has 2 aromatic carbocycles. The monoisotopic (exact) mass is 358 g/mol. The van der Waals surface area contributed by atoms with E-state index in [0.29, 0.717) is 5.82 Å². The zero-order valence-electron chi connectivity index (χ0n) is 15.7. The average Bonchev–Trinajstić information content (AvgIpc) is 2.71. The summed E-state index contributed by atoms with van der Waals surface area (Å²) in [5.74, 6) is 2.26. The number of hydrogen-bond donors (Lipinski definition) is 2. The highest BCUT2D eigenvalue weighted by Crippen LogP contribution is 2.29.